The zero-order chi connectivity index (χ0) is 18.4. The van der Waals surface area contributed by atoms with Crippen LogP contribution in [0.15, 0.2) is 48.5 Å². The van der Waals surface area contributed by atoms with Gasteiger partial charge in [0.1, 0.15) is 6.04 Å². The van der Waals surface area contributed by atoms with Gasteiger partial charge >= 0.3 is 6.03 Å². The van der Waals surface area contributed by atoms with Gasteiger partial charge in [-0.25, -0.2) is 18.0 Å². The van der Waals surface area contributed by atoms with Crippen LogP contribution in [-0.4, -0.2) is 31.5 Å². The van der Waals surface area contributed by atoms with Gasteiger partial charge in [-0.2, -0.15) is 0 Å². The summed E-state index contributed by atoms with van der Waals surface area (Å²) in [5.74, 6) is -0.818. The van der Waals surface area contributed by atoms with Crippen LogP contribution in [0.2, 0.25) is 0 Å². The normalized spacial score (nSPS) is 11.9. The Morgan fingerprint density at radius 1 is 1.20 bits per heavy atom. The molecule has 0 fully saturated rings. The van der Waals surface area contributed by atoms with Crippen LogP contribution in [0.5, 0.6) is 5.75 Å². The van der Waals surface area contributed by atoms with E-state index >= 15 is 0 Å². The van der Waals surface area contributed by atoms with Crippen molar-refractivity contribution in [3.8, 4) is 5.75 Å². The van der Waals surface area contributed by atoms with Crippen molar-refractivity contribution >= 4 is 6.03 Å². The van der Waals surface area contributed by atoms with E-state index in [0.29, 0.717) is 0 Å². The van der Waals surface area contributed by atoms with Crippen molar-refractivity contribution in [2.45, 2.75) is 19.0 Å². The highest BCUT2D eigenvalue weighted by molar-refractivity contribution is 5.74. The Labute approximate surface area is 144 Å². The van der Waals surface area contributed by atoms with Gasteiger partial charge in [0, 0.05) is 13.6 Å². The molecule has 2 amide bonds. The molecule has 2 aromatic carbocycles. The number of rotatable bonds is 6. The second kappa shape index (κ2) is 8.41. The summed E-state index contributed by atoms with van der Waals surface area (Å²) >= 11 is 0. The van der Waals surface area contributed by atoms with E-state index in [-0.39, 0.29) is 17.9 Å². The number of hydrogen-bond donors (Lipinski definition) is 1. The van der Waals surface area contributed by atoms with Crippen molar-refractivity contribution in [3.05, 3.63) is 65.5 Å². The lowest BCUT2D eigenvalue weighted by Crippen LogP contribution is -2.41. The van der Waals surface area contributed by atoms with Crippen LogP contribution in [0, 0.1) is 5.82 Å². The third kappa shape index (κ3) is 4.89. The lowest BCUT2D eigenvalue weighted by atomic mass is 10.1. The predicted molar refractivity (Wildman–Crippen MR) is 88.1 cm³/mol. The highest BCUT2D eigenvalue weighted by Gasteiger charge is 2.26. The molecular weight excluding hydrogens is 333 g/mol. The largest absolute Gasteiger partial charge is 0.494 e. The van der Waals surface area contributed by atoms with Crippen LogP contribution in [0.3, 0.4) is 0 Å². The molecule has 7 heteroatoms. The molecule has 0 aliphatic carbocycles. The maximum absolute atomic E-state index is 13.8. The molecule has 1 atom stereocenters. The monoisotopic (exact) mass is 352 g/mol. The molecule has 0 heterocycles. The van der Waals surface area contributed by atoms with E-state index in [2.05, 4.69) is 5.32 Å². The molecule has 0 aliphatic heterocycles. The number of nitrogens with zero attached hydrogens (tertiary/aromatic N) is 1. The highest BCUT2D eigenvalue weighted by atomic mass is 19.3. The summed E-state index contributed by atoms with van der Waals surface area (Å²) in [6, 6.07) is 10.3. The molecular formula is C18H19F3N2O2. The fraction of sp³-hybridized carbons (Fsp3) is 0.278. The van der Waals surface area contributed by atoms with Crippen molar-refractivity contribution < 1.29 is 22.7 Å². The van der Waals surface area contributed by atoms with Gasteiger partial charge in [0.05, 0.1) is 7.11 Å². The Bertz CT molecular complexity index is 711. The maximum atomic E-state index is 13.8. The molecule has 2 aromatic rings. The van der Waals surface area contributed by atoms with E-state index in [4.69, 9.17) is 4.74 Å². The Kier molecular flexibility index (Phi) is 6.27. The number of methoxy groups -OCH3 is 1. The summed E-state index contributed by atoms with van der Waals surface area (Å²) in [5.41, 5.74) is 0.832. The molecule has 0 aromatic heterocycles. The second-order valence-electron chi connectivity index (χ2n) is 5.50. The van der Waals surface area contributed by atoms with E-state index in [9.17, 15) is 18.0 Å². The van der Waals surface area contributed by atoms with Crippen molar-refractivity contribution in [2.24, 2.45) is 0 Å². The van der Waals surface area contributed by atoms with Crippen LogP contribution in [-0.2, 0) is 6.54 Å². The van der Waals surface area contributed by atoms with Gasteiger partial charge in [0.25, 0.3) is 6.43 Å². The smallest absolute Gasteiger partial charge is 0.318 e. The highest BCUT2D eigenvalue weighted by Crippen LogP contribution is 2.26. The van der Waals surface area contributed by atoms with E-state index < -0.39 is 24.3 Å². The molecule has 134 valence electrons. The zero-order valence-corrected chi connectivity index (χ0v) is 13.9. The lowest BCUT2D eigenvalue weighted by Gasteiger charge is -2.24. The SMILES string of the molecule is COc1ccc([C@@H](NC(=O)N(C)Cc2ccccc2)C(F)F)cc1F. The molecule has 0 radical (unpaired) electrons. The van der Waals surface area contributed by atoms with Crippen LogP contribution in [0.25, 0.3) is 0 Å². The van der Waals surface area contributed by atoms with Gasteiger partial charge in [0.15, 0.2) is 11.6 Å². The number of halogens is 3. The van der Waals surface area contributed by atoms with E-state index in [1.807, 2.05) is 30.3 Å². The molecule has 0 saturated carbocycles. The summed E-state index contributed by atoms with van der Waals surface area (Å²) in [7, 11) is 2.78. The van der Waals surface area contributed by atoms with Crippen LogP contribution >= 0.6 is 0 Å². The minimum atomic E-state index is -2.89. The third-order valence-electron chi connectivity index (χ3n) is 3.68. The second-order valence-corrected chi connectivity index (χ2v) is 5.50. The molecule has 4 nitrogen and oxygen atoms in total. The Hall–Kier alpha value is -2.70. The number of carbonyl (C=O) groups excluding carboxylic acids is 1. The minimum Gasteiger partial charge on any atom is -0.494 e. The number of amides is 2. The molecule has 2 rings (SSSR count). The first-order valence-corrected chi connectivity index (χ1v) is 7.59. The molecule has 1 N–H and O–H groups in total. The Morgan fingerprint density at radius 2 is 1.88 bits per heavy atom. The van der Waals surface area contributed by atoms with Gasteiger partial charge in [-0.05, 0) is 23.3 Å². The van der Waals surface area contributed by atoms with Crippen LogP contribution < -0.4 is 10.1 Å². The number of urea groups is 1. The van der Waals surface area contributed by atoms with Gasteiger partial charge in [-0.15, -0.1) is 0 Å². The molecule has 0 aliphatic rings. The predicted octanol–water partition coefficient (Wildman–Crippen LogP) is 3.98. The topological polar surface area (TPSA) is 41.6 Å². The van der Waals surface area contributed by atoms with Crippen molar-refractivity contribution in [1.82, 2.24) is 10.2 Å². The number of nitrogens with one attached hydrogen (secondary N) is 1. The van der Waals surface area contributed by atoms with Gasteiger partial charge in [-0.1, -0.05) is 36.4 Å². The van der Waals surface area contributed by atoms with Gasteiger partial charge < -0.3 is 15.0 Å². The fourth-order valence-corrected chi connectivity index (χ4v) is 2.34. The minimum absolute atomic E-state index is 0.0326. The maximum Gasteiger partial charge on any atom is 0.318 e. The van der Waals surface area contributed by atoms with E-state index in [1.165, 1.54) is 31.2 Å². The number of alkyl halides is 2. The summed E-state index contributed by atoms with van der Waals surface area (Å²) in [6.07, 6.45) is -2.89. The molecule has 0 spiro atoms. The lowest BCUT2D eigenvalue weighted by molar-refractivity contribution is 0.0971. The molecule has 0 saturated heterocycles. The number of ether oxygens (including phenoxy) is 1. The Morgan fingerprint density at radius 3 is 2.44 bits per heavy atom. The summed E-state index contributed by atoms with van der Waals surface area (Å²) in [5, 5.41) is 2.25. The molecule has 0 bridgehead atoms. The fourth-order valence-electron chi connectivity index (χ4n) is 2.34. The number of benzene rings is 2. The van der Waals surface area contributed by atoms with Crippen molar-refractivity contribution in [3.63, 3.8) is 0 Å². The number of hydrogen-bond acceptors (Lipinski definition) is 2. The molecule has 0 unspecified atom stereocenters. The summed E-state index contributed by atoms with van der Waals surface area (Å²) in [6.45, 7) is 0.263. The van der Waals surface area contributed by atoms with Crippen molar-refractivity contribution in [1.29, 1.82) is 0 Å². The van der Waals surface area contributed by atoms with E-state index in [0.717, 1.165) is 11.6 Å². The number of carbonyl (C=O) groups is 1. The summed E-state index contributed by atoms with van der Waals surface area (Å²) < 4.78 is 45.3. The van der Waals surface area contributed by atoms with E-state index in [1.54, 1.807) is 0 Å². The zero-order valence-electron chi connectivity index (χ0n) is 13.9. The first kappa shape index (κ1) is 18.6. The van der Waals surface area contributed by atoms with Gasteiger partial charge in [-0.3, -0.25) is 0 Å². The summed E-state index contributed by atoms with van der Waals surface area (Å²) in [4.78, 5) is 13.5. The van der Waals surface area contributed by atoms with Gasteiger partial charge in [0.2, 0.25) is 0 Å². The van der Waals surface area contributed by atoms with Crippen LogP contribution in [0.1, 0.15) is 17.2 Å². The Balaban J connectivity index is 2.10. The van der Waals surface area contributed by atoms with Crippen molar-refractivity contribution in [2.75, 3.05) is 14.2 Å². The first-order chi connectivity index (χ1) is 11.9. The quantitative estimate of drug-likeness (QED) is 0.854. The first-order valence-electron chi connectivity index (χ1n) is 7.59. The average molecular weight is 352 g/mol. The molecule has 25 heavy (non-hydrogen) atoms. The third-order valence-corrected chi connectivity index (χ3v) is 3.68. The standard InChI is InChI=1S/C18H19F3N2O2/c1-23(11-12-6-4-3-5-7-12)18(24)22-16(17(20)21)13-8-9-15(25-2)14(19)10-13/h3-10,16-17H,11H2,1-2H3,(H,22,24)/t16-/m1/s1. The average Bonchev–Trinajstić information content (AvgIpc) is 2.60. The van der Waals surface area contributed by atoms with Crippen LogP contribution in [0.4, 0.5) is 18.0 Å².